The summed E-state index contributed by atoms with van der Waals surface area (Å²) in [5.74, 6) is 0.0733. The molecular weight excluding hydrogens is 291 g/mol. The minimum atomic E-state index is 0.0733. The van der Waals surface area contributed by atoms with Gasteiger partial charge < -0.3 is 0 Å². The number of halogens is 2. The number of Topliss-reactive ketones (excluding diaryl/α,β-unsaturated/α-hetero) is 1. The van der Waals surface area contributed by atoms with Crippen LogP contribution < -0.4 is 0 Å². The molecule has 2 aromatic carbocycles. The van der Waals surface area contributed by atoms with Crippen LogP contribution in [0.25, 0.3) is 0 Å². The molecule has 0 aliphatic rings. The first kappa shape index (κ1) is 15.1. The third kappa shape index (κ3) is 3.05. The minimum Gasteiger partial charge on any atom is -0.294 e. The summed E-state index contributed by atoms with van der Waals surface area (Å²) in [5, 5.41) is 0.944. The van der Waals surface area contributed by atoms with Gasteiger partial charge in [-0.2, -0.15) is 0 Å². The molecule has 0 spiro atoms. The summed E-state index contributed by atoms with van der Waals surface area (Å²) in [5.41, 5.74) is 4.73. The molecule has 0 radical (unpaired) electrons. The lowest BCUT2D eigenvalue weighted by atomic mass is 9.93. The highest BCUT2D eigenvalue weighted by atomic mass is 35.5. The van der Waals surface area contributed by atoms with Crippen LogP contribution in [0.5, 0.6) is 0 Å². The van der Waals surface area contributed by atoms with Crippen molar-refractivity contribution in [2.24, 2.45) is 0 Å². The molecule has 0 aliphatic heterocycles. The fraction of sp³-hybridized carbons (Fsp3) is 0.235. The molecule has 3 heteroatoms. The molecule has 0 atom stereocenters. The smallest absolute Gasteiger partial charge is 0.167 e. The molecule has 0 unspecified atom stereocenters. The van der Waals surface area contributed by atoms with Gasteiger partial charge in [0.2, 0.25) is 0 Å². The summed E-state index contributed by atoms with van der Waals surface area (Å²) in [7, 11) is 0. The van der Waals surface area contributed by atoms with Crippen LogP contribution in [0.2, 0.25) is 10.0 Å². The van der Waals surface area contributed by atoms with Crippen molar-refractivity contribution in [2.45, 2.75) is 27.2 Å². The third-order valence-electron chi connectivity index (χ3n) is 3.34. The number of benzene rings is 2. The quantitative estimate of drug-likeness (QED) is 0.699. The Bertz CT molecular complexity index is 652. The van der Waals surface area contributed by atoms with Crippen molar-refractivity contribution in [3.05, 3.63) is 68.2 Å². The largest absolute Gasteiger partial charge is 0.294 e. The molecule has 0 aromatic heterocycles. The molecule has 1 nitrogen and oxygen atoms in total. The number of ketones is 1. The predicted molar refractivity (Wildman–Crippen MR) is 85.1 cm³/mol. The predicted octanol–water partition coefficient (Wildman–Crippen LogP) is 5.34. The molecule has 0 saturated carbocycles. The first-order chi connectivity index (χ1) is 9.40. The van der Waals surface area contributed by atoms with Crippen molar-refractivity contribution in [2.75, 3.05) is 0 Å². The van der Waals surface area contributed by atoms with Crippen molar-refractivity contribution in [3.63, 3.8) is 0 Å². The van der Waals surface area contributed by atoms with Crippen molar-refractivity contribution in [3.8, 4) is 0 Å². The SMILES string of the molecule is Cc1cc(C)c(C(=O)Cc2cccc(Cl)c2Cl)c(C)c1. The van der Waals surface area contributed by atoms with Crippen molar-refractivity contribution < 1.29 is 4.79 Å². The number of rotatable bonds is 3. The summed E-state index contributed by atoms with van der Waals surface area (Å²) in [6.07, 6.45) is 0.268. The topological polar surface area (TPSA) is 17.1 Å². The van der Waals surface area contributed by atoms with Gasteiger partial charge in [-0.05, 0) is 43.5 Å². The lowest BCUT2D eigenvalue weighted by Crippen LogP contribution is -2.09. The van der Waals surface area contributed by atoms with E-state index < -0.39 is 0 Å². The maximum absolute atomic E-state index is 12.5. The molecule has 0 saturated heterocycles. The van der Waals surface area contributed by atoms with E-state index >= 15 is 0 Å². The second-order valence-corrected chi connectivity index (χ2v) is 5.87. The average Bonchev–Trinajstić information content (AvgIpc) is 2.33. The normalized spacial score (nSPS) is 10.7. The average molecular weight is 307 g/mol. The van der Waals surface area contributed by atoms with Gasteiger partial charge in [0.25, 0.3) is 0 Å². The standard InChI is InChI=1S/C17H16Cl2O/c1-10-7-11(2)16(12(3)8-10)15(20)9-13-5-4-6-14(18)17(13)19/h4-8H,9H2,1-3H3. The van der Waals surface area contributed by atoms with Crippen LogP contribution >= 0.6 is 23.2 Å². The monoisotopic (exact) mass is 306 g/mol. The molecular formula is C17H16Cl2O. The van der Waals surface area contributed by atoms with E-state index in [-0.39, 0.29) is 12.2 Å². The molecule has 20 heavy (non-hydrogen) atoms. The number of hydrogen-bond donors (Lipinski definition) is 0. The summed E-state index contributed by atoms with van der Waals surface area (Å²) in [4.78, 5) is 12.5. The summed E-state index contributed by atoms with van der Waals surface area (Å²) in [6.45, 7) is 5.96. The van der Waals surface area contributed by atoms with Crippen molar-refractivity contribution in [1.29, 1.82) is 0 Å². The van der Waals surface area contributed by atoms with E-state index in [2.05, 4.69) is 0 Å². The second kappa shape index (κ2) is 5.99. The van der Waals surface area contributed by atoms with Crippen LogP contribution in [0.1, 0.15) is 32.6 Å². The first-order valence-corrected chi connectivity index (χ1v) is 7.19. The van der Waals surface area contributed by atoms with E-state index in [1.165, 1.54) is 0 Å². The highest BCUT2D eigenvalue weighted by Crippen LogP contribution is 2.27. The summed E-state index contributed by atoms with van der Waals surface area (Å²) < 4.78 is 0. The minimum absolute atomic E-state index is 0.0733. The van der Waals surface area contributed by atoms with Crippen LogP contribution in [-0.4, -0.2) is 5.78 Å². The fourth-order valence-electron chi connectivity index (χ4n) is 2.57. The molecule has 0 N–H and O–H groups in total. The van der Waals surface area contributed by atoms with Gasteiger partial charge in [0.05, 0.1) is 10.0 Å². The molecule has 0 aliphatic carbocycles. The molecule has 0 bridgehead atoms. The maximum atomic E-state index is 12.5. The van der Waals surface area contributed by atoms with Gasteiger partial charge in [-0.25, -0.2) is 0 Å². The van der Waals surface area contributed by atoms with Crippen LogP contribution in [0.4, 0.5) is 0 Å². The Morgan fingerprint density at radius 3 is 2.25 bits per heavy atom. The van der Waals surface area contributed by atoms with E-state index in [1.807, 2.05) is 45.0 Å². The highest BCUT2D eigenvalue weighted by molar-refractivity contribution is 6.42. The van der Waals surface area contributed by atoms with Gasteiger partial charge in [-0.3, -0.25) is 4.79 Å². The maximum Gasteiger partial charge on any atom is 0.167 e. The molecule has 0 amide bonds. The molecule has 104 valence electrons. The number of hydrogen-bond acceptors (Lipinski definition) is 1. The van der Waals surface area contributed by atoms with Crippen LogP contribution in [-0.2, 0) is 6.42 Å². The number of carbonyl (C=O) groups is 1. The zero-order chi connectivity index (χ0) is 14.9. The van der Waals surface area contributed by atoms with E-state index in [9.17, 15) is 4.79 Å². The molecule has 2 rings (SSSR count). The van der Waals surface area contributed by atoms with E-state index in [0.717, 1.165) is 27.8 Å². The Kier molecular flexibility index (Phi) is 4.52. The summed E-state index contributed by atoms with van der Waals surface area (Å²) >= 11 is 12.1. The lowest BCUT2D eigenvalue weighted by molar-refractivity contribution is 0.0992. The summed E-state index contributed by atoms with van der Waals surface area (Å²) in [6, 6.07) is 9.43. The van der Waals surface area contributed by atoms with Gasteiger partial charge >= 0.3 is 0 Å². The van der Waals surface area contributed by atoms with Gasteiger partial charge in [0, 0.05) is 12.0 Å². The Labute approximate surface area is 129 Å². The van der Waals surface area contributed by atoms with Gasteiger partial charge in [0.15, 0.2) is 5.78 Å². The van der Waals surface area contributed by atoms with E-state index in [4.69, 9.17) is 23.2 Å². The van der Waals surface area contributed by atoms with Crippen molar-refractivity contribution >= 4 is 29.0 Å². The van der Waals surface area contributed by atoms with Crippen LogP contribution in [0.3, 0.4) is 0 Å². The Morgan fingerprint density at radius 2 is 1.65 bits per heavy atom. The Hall–Kier alpha value is -1.31. The second-order valence-electron chi connectivity index (χ2n) is 5.09. The van der Waals surface area contributed by atoms with Gasteiger partial charge in [0.1, 0.15) is 0 Å². The van der Waals surface area contributed by atoms with E-state index in [1.54, 1.807) is 6.07 Å². The molecule has 0 fully saturated rings. The Balaban J connectivity index is 2.36. The lowest BCUT2D eigenvalue weighted by Gasteiger charge is -2.11. The van der Waals surface area contributed by atoms with E-state index in [0.29, 0.717) is 10.0 Å². The fourth-order valence-corrected chi connectivity index (χ4v) is 2.95. The van der Waals surface area contributed by atoms with Gasteiger partial charge in [-0.15, -0.1) is 0 Å². The van der Waals surface area contributed by atoms with Gasteiger partial charge in [-0.1, -0.05) is 53.0 Å². The number of carbonyl (C=O) groups excluding carboxylic acids is 1. The van der Waals surface area contributed by atoms with Crippen molar-refractivity contribution in [1.82, 2.24) is 0 Å². The Morgan fingerprint density at radius 1 is 1.05 bits per heavy atom. The highest BCUT2D eigenvalue weighted by Gasteiger charge is 2.15. The molecule has 2 aromatic rings. The van der Waals surface area contributed by atoms with Crippen LogP contribution in [0.15, 0.2) is 30.3 Å². The zero-order valence-corrected chi connectivity index (χ0v) is 13.3. The first-order valence-electron chi connectivity index (χ1n) is 6.44. The molecule has 0 heterocycles. The number of aryl methyl sites for hydroxylation is 3. The zero-order valence-electron chi connectivity index (χ0n) is 11.8. The van der Waals surface area contributed by atoms with Crippen LogP contribution in [0, 0.1) is 20.8 Å². The third-order valence-corrected chi connectivity index (χ3v) is 4.20.